The van der Waals surface area contributed by atoms with Crippen LogP contribution >= 0.6 is 0 Å². The van der Waals surface area contributed by atoms with Gasteiger partial charge in [-0.25, -0.2) is 0 Å². The summed E-state index contributed by atoms with van der Waals surface area (Å²) in [5.74, 6) is 0. The molecule has 1 aliphatic heterocycles. The number of hydrogen-bond donors (Lipinski definition) is 1. The molecule has 0 atom stereocenters. The molecule has 18 heavy (non-hydrogen) atoms. The van der Waals surface area contributed by atoms with E-state index in [0.717, 1.165) is 19.4 Å². The van der Waals surface area contributed by atoms with Crippen LogP contribution in [0, 0.1) is 6.92 Å². The van der Waals surface area contributed by atoms with Crippen molar-refractivity contribution in [3.63, 3.8) is 0 Å². The van der Waals surface area contributed by atoms with Crippen molar-refractivity contribution in [1.29, 1.82) is 0 Å². The molecule has 0 unspecified atom stereocenters. The summed E-state index contributed by atoms with van der Waals surface area (Å²) in [6.45, 7) is 3.68. The van der Waals surface area contributed by atoms with Gasteiger partial charge < -0.3 is 9.67 Å². The molecular formula is C16H19NO. The minimum Gasteiger partial charge on any atom is -0.395 e. The van der Waals surface area contributed by atoms with Crippen molar-refractivity contribution in [2.24, 2.45) is 0 Å². The van der Waals surface area contributed by atoms with Crippen molar-refractivity contribution in [3.8, 4) is 0 Å². The van der Waals surface area contributed by atoms with Crippen LogP contribution in [0.2, 0.25) is 0 Å². The Morgan fingerprint density at radius 3 is 2.89 bits per heavy atom. The maximum absolute atomic E-state index is 9.75. The molecule has 0 bridgehead atoms. The summed E-state index contributed by atoms with van der Waals surface area (Å²) in [7, 11) is 0. The molecule has 2 aromatic rings. The zero-order valence-electron chi connectivity index (χ0n) is 10.9. The molecule has 0 amide bonds. The van der Waals surface area contributed by atoms with E-state index in [2.05, 4.69) is 29.7 Å². The molecule has 2 aliphatic rings. The Kier molecular flexibility index (Phi) is 2.00. The van der Waals surface area contributed by atoms with Crippen molar-refractivity contribution in [2.45, 2.75) is 44.6 Å². The van der Waals surface area contributed by atoms with Crippen molar-refractivity contribution >= 4 is 10.9 Å². The van der Waals surface area contributed by atoms with Crippen LogP contribution in [0.15, 0.2) is 18.2 Å². The predicted octanol–water partition coefficient (Wildman–Crippen LogP) is 2.92. The third-order valence-electron chi connectivity index (χ3n) is 4.94. The average molecular weight is 241 g/mol. The molecule has 1 aromatic carbocycles. The van der Waals surface area contributed by atoms with Crippen LogP contribution in [0.3, 0.4) is 0 Å². The van der Waals surface area contributed by atoms with Gasteiger partial charge in [0.2, 0.25) is 0 Å². The van der Waals surface area contributed by atoms with E-state index in [-0.39, 0.29) is 5.41 Å². The molecule has 1 saturated carbocycles. The Morgan fingerprint density at radius 2 is 2.17 bits per heavy atom. The van der Waals surface area contributed by atoms with Gasteiger partial charge in [0.1, 0.15) is 0 Å². The minimum absolute atomic E-state index is 0.0799. The third-order valence-corrected chi connectivity index (χ3v) is 4.94. The van der Waals surface area contributed by atoms with E-state index in [4.69, 9.17) is 0 Å². The maximum Gasteiger partial charge on any atom is 0.0528 e. The van der Waals surface area contributed by atoms with Gasteiger partial charge in [0.05, 0.1) is 12.1 Å². The first-order valence-corrected chi connectivity index (χ1v) is 6.99. The van der Waals surface area contributed by atoms with E-state index in [0.29, 0.717) is 6.61 Å². The second-order valence-corrected chi connectivity index (χ2v) is 5.97. The number of benzene rings is 1. The van der Waals surface area contributed by atoms with Crippen LogP contribution in [-0.4, -0.2) is 16.3 Å². The third kappa shape index (κ3) is 1.17. The van der Waals surface area contributed by atoms with E-state index in [1.54, 1.807) is 0 Å². The van der Waals surface area contributed by atoms with E-state index in [9.17, 15) is 5.11 Å². The van der Waals surface area contributed by atoms with Gasteiger partial charge in [0, 0.05) is 23.0 Å². The topological polar surface area (TPSA) is 25.2 Å². The minimum atomic E-state index is 0.0799. The van der Waals surface area contributed by atoms with Gasteiger partial charge in [0.25, 0.3) is 0 Å². The average Bonchev–Trinajstić information content (AvgIpc) is 3.14. The second kappa shape index (κ2) is 3.39. The van der Waals surface area contributed by atoms with Crippen molar-refractivity contribution in [2.75, 3.05) is 6.61 Å². The molecule has 4 rings (SSSR count). The van der Waals surface area contributed by atoms with Crippen molar-refractivity contribution in [1.82, 2.24) is 4.57 Å². The predicted molar refractivity (Wildman–Crippen MR) is 73.0 cm³/mol. The first-order valence-electron chi connectivity index (χ1n) is 6.99. The Morgan fingerprint density at radius 1 is 1.33 bits per heavy atom. The largest absolute Gasteiger partial charge is 0.395 e. The standard InChI is InChI=1S/C16H19NO/c1-11-14(16(10-18)7-8-16)13-6-2-4-12-5-3-9-17(11)15(12)13/h2,4,6,18H,3,5,7-10H2,1H3. The SMILES string of the molecule is Cc1c(C2(CO)CC2)c2cccc3c2n1CCC3. The fraction of sp³-hybridized carbons (Fsp3) is 0.500. The van der Waals surface area contributed by atoms with Crippen molar-refractivity contribution in [3.05, 3.63) is 35.0 Å². The number of aliphatic hydroxyl groups excluding tert-OH is 1. The lowest BCUT2D eigenvalue weighted by Crippen LogP contribution is -2.14. The number of rotatable bonds is 2. The number of aryl methyl sites for hydroxylation is 2. The highest BCUT2D eigenvalue weighted by Gasteiger charge is 2.47. The summed E-state index contributed by atoms with van der Waals surface area (Å²) < 4.78 is 2.49. The molecule has 94 valence electrons. The van der Waals surface area contributed by atoms with E-state index in [1.807, 2.05) is 0 Å². The number of aromatic nitrogens is 1. The zero-order chi connectivity index (χ0) is 12.3. The fourth-order valence-corrected chi connectivity index (χ4v) is 3.83. The van der Waals surface area contributed by atoms with Crippen LogP contribution in [0.5, 0.6) is 0 Å². The maximum atomic E-state index is 9.75. The Hall–Kier alpha value is -1.28. The Balaban J connectivity index is 2.10. The summed E-state index contributed by atoms with van der Waals surface area (Å²) in [5, 5.41) is 11.2. The quantitative estimate of drug-likeness (QED) is 0.859. The molecule has 2 nitrogen and oxygen atoms in total. The smallest absolute Gasteiger partial charge is 0.0528 e. The number of aliphatic hydroxyl groups is 1. The fourth-order valence-electron chi connectivity index (χ4n) is 3.83. The van der Waals surface area contributed by atoms with Crippen LogP contribution in [0.1, 0.15) is 36.1 Å². The van der Waals surface area contributed by atoms with Crippen LogP contribution in [0.25, 0.3) is 10.9 Å². The first-order chi connectivity index (χ1) is 8.77. The summed E-state index contributed by atoms with van der Waals surface area (Å²) in [6.07, 6.45) is 4.74. The van der Waals surface area contributed by atoms with Crippen LogP contribution < -0.4 is 0 Å². The lowest BCUT2D eigenvalue weighted by atomic mass is 9.93. The second-order valence-electron chi connectivity index (χ2n) is 5.97. The van der Waals surface area contributed by atoms with Crippen LogP contribution in [-0.2, 0) is 18.4 Å². The Bertz CT molecular complexity index is 634. The van der Waals surface area contributed by atoms with Gasteiger partial charge in [0.15, 0.2) is 0 Å². The molecule has 0 radical (unpaired) electrons. The van der Waals surface area contributed by atoms with Gasteiger partial charge in [-0.1, -0.05) is 18.2 Å². The summed E-state index contributed by atoms with van der Waals surface area (Å²) in [5.41, 5.74) is 5.83. The number of para-hydroxylation sites is 1. The van der Waals surface area contributed by atoms with Crippen molar-refractivity contribution < 1.29 is 5.11 Å². The number of hydrogen-bond acceptors (Lipinski definition) is 1. The van der Waals surface area contributed by atoms with Gasteiger partial charge in [-0.15, -0.1) is 0 Å². The normalized spacial score (nSPS) is 20.3. The highest BCUT2D eigenvalue weighted by molar-refractivity contribution is 5.90. The molecular weight excluding hydrogens is 222 g/mol. The van der Waals surface area contributed by atoms with Crippen LogP contribution in [0.4, 0.5) is 0 Å². The van der Waals surface area contributed by atoms with Gasteiger partial charge in [-0.05, 0) is 43.7 Å². The lowest BCUT2D eigenvalue weighted by Gasteiger charge is -2.17. The highest BCUT2D eigenvalue weighted by Crippen LogP contribution is 2.52. The molecule has 1 N–H and O–H groups in total. The molecule has 0 spiro atoms. The summed E-state index contributed by atoms with van der Waals surface area (Å²) in [4.78, 5) is 0. The molecule has 1 fully saturated rings. The first kappa shape index (κ1) is 10.6. The molecule has 2 heterocycles. The molecule has 0 saturated heterocycles. The van der Waals surface area contributed by atoms with Gasteiger partial charge in [-0.2, -0.15) is 0 Å². The van der Waals surface area contributed by atoms with E-state index in [1.165, 1.54) is 40.6 Å². The molecule has 2 heteroatoms. The highest BCUT2D eigenvalue weighted by atomic mass is 16.3. The summed E-state index contributed by atoms with van der Waals surface area (Å²) >= 11 is 0. The Labute approximate surface area is 107 Å². The van der Waals surface area contributed by atoms with E-state index >= 15 is 0 Å². The molecule has 1 aromatic heterocycles. The lowest BCUT2D eigenvalue weighted by molar-refractivity contribution is 0.255. The molecule has 1 aliphatic carbocycles. The zero-order valence-corrected chi connectivity index (χ0v) is 10.9. The van der Waals surface area contributed by atoms with Gasteiger partial charge >= 0.3 is 0 Å². The van der Waals surface area contributed by atoms with E-state index < -0.39 is 0 Å². The van der Waals surface area contributed by atoms with Gasteiger partial charge in [-0.3, -0.25) is 0 Å². The summed E-state index contributed by atoms with van der Waals surface area (Å²) in [6, 6.07) is 6.70. The monoisotopic (exact) mass is 241 g/mol. The number of nitrogens with zero attached hydrogens (tertiary/aromatic N) is 1.